The maximum Gasteiger partial charge on any atom is 0.190 e. The van der Waals surface area contributed by atoms with Gasteiger partial charge in [-0.2, -0.15) is 0 Å². The Balaban J connectivity index is 2.23. The minimum atomic E-state index is 0.347. The highest BCUT2D eigenvalue weighted by molar-refractivity contribution is 9.10. The van der Waals surface area contributed by atoms with Crippen molar-refractivity contribution in [3.05, 3.63) is 47.1 Å². The number of halogens is 1. The van der Waals surface area contributed by atoms with Gasteiger partial charge in [-0.15, -0.1) is 6.58 Å². The summed E-state index contributed by atoms with van der Waals surface area (Å²) in [5, 5.41) is 7.57. The minimum absolute atomic E-state index is 0.347. The van der Waals surface area contributed by atoms with E-state index in [1.807, 2.05) is 37.3 Å². The first-order valence-corrected chi connectivity index (χ1v) is 7.50. The van der Waals surface area contributed by atoms with E-state index >= 15 is 0 Å². The Morgan fingerprint density at radius 2 is 2.10 bits per heavy atom. The molecule has 0 saturated carbocycles. The molecule has 1 heterocycles. The molecule has 106 valence electrons. The fraction of sp³-hybridized carbons (Fsp3) is 0.312. The molecule has 0 bridgehead atoms. The summed E-state index contributed by atoms with van der Waals surface area (Å²) in [7, 11) is 0. The number of rotatable bonds is 6. The van der Waals surface area contributed by atoms with Crippen LogP contribution in [0.2, 0.25) is 0 Å². The van der Waals surface area contributed by atoms with Crippen LogP contribution >= 0.6 is 15.9 Å². The van der Waals surface area contributed by atoms with E-state index in [0.29, 0.717) is 6.04 Å². The summed E-state index contributed by atoms with van der Waals surface area (Å²) in [6, 6.07) is 8.38. The van der Waals surface area contributed by atoms with Gasteiger partial charge in [0, 0.05) is 16.1 Å². The van der Waals surface area contributed by atoms with Crippen molar-refractivity contribution < 1.29 is 4.52 Å². The third-order valence-corrected chi connectivity index (χ3v) is 3.69. The molecule has 1 N–H and O–H groups in total. The van der Waals surface area contributed by atoms with Crippen LogP contribution in [-0.4, -0.2) is 11.2 Å². The number of hydrogen-bond acceptors (Lipinski definition) is 3. The normalized spacial score (nSPS) is 12.2. The van der Waals surface area contributed by atoms with Gasteiger partial charge >= 0.3 is 0 Å². The first-order valence-electron chi connectivity index (χ1n) is 6.71. The van der Waals surface area contributed by atoms with Crippen molar-refractivity contribution in [2.75, 3.05) is 5.32 Å². The molecule has 0 aliphatic rings. The Morgan fingerprint density at radius 1 is 1.40 bits per heavy atom. The summed E-state index contributed by atoms with van der Waals surface area (Å²) in [6.07, 6.45) is 3.97. The monoisotopic (exact) mass is 334 g/mol. The van der Waals surface area contributed by atoms with Crippen molar-refractivity contribution in [2.45, 2.75) is 32.7 Å². The lowest BCUT2D eigenvalue weighted by Crippen LogP contribution is -2.15. The molecule has 0 spiro atoms. The first-order chi connectivity index (χ1) is 9.61. The summed E-state index contributed by atoms with van der Waals surface area (Å²) in [4.78, 5) is 0. The Labute approximate surface area is 128 Å². The van der Waals surface area contributed by atoms with E-state index in [4.69, 9.17) is 4.52 Å². The van der Waals surface area contributed by atoms with Crippen LogP contribution in [0.25, 0.3) is 11.3 Å². The number of nitrogens with zero attached hydrogens (tertiary/aromatic N) is 1. The molecule has 1 atom stereocenters. The van der Waals surface area contributed by atoms with Crippen LogP contribution in [0.15, 0.2) is 45.9 Å². The van der Waals surface area contributed by atoms with Crippen molar-refractivity contribution in [2.24, 2.45) is 0 Å². The van der Waals surface area contributed by atoms with E-state index < -0.39 is 0 Å². The van der Waals surface area contributed by atoms with Crippen LogP contribution in [0.4, 0.5) is 5.69 Å². The van der Waals surface area contributed by atoms with Crippen molar-refractivity contribution in [3.8, 4) is 11.3 Å². The lowest BCUT2D eigenvalue weighted by molar-refractivity contribution is 0.427. The van der Waals surface area contributed by atoms with E-state index in [9.17, 15) is 0 Å². The van der Waals surface area contributed by atoms with Crippen LogP contribution in [0.3, 0.4) is 0 Å². The molecule has 4 heteroatoms. The van der Waals surface area contributed by atoms with Gasteiger partial charge in [-0.1, -0.05) is 27.2 Å². The number of benzene rings is 1. The molecule has 0 aliphatic heterocycles. The molecule has 1 aromatic heterocycles. The molecule has 2 aromatic rings. The van der Waals surface area contributed by atoms with E-state index in [0.717, 1.165) is 40.0 Å². The number of aromatic nitrogens is 1. The minimum Gasteiger partial charge on any atom is -0.378 e. The molecule has 0 radical (unpaired) electrons. The molecule has 2 rings (SSSR count). The predicted molar refractivity (Wildman–Crippen MR) is 86.9 cm³/mol. The largest absolute Gasteiger partial charge is 0.378 e. The number of nitrogens with one attached hydrogen (secondary N) is 1. The van der Waals surface area contributed by atoms with E-state index in [-0.39, 0.29) is 0 Å². The van der Waals surface area contributed by atoms with Crippen LogP contribution in [0, 0.1) is 6.92 Å². The van der Waals surface area contributed by atoms with Crippen LogP contribution in [-0.2, 0) is 0 Å². The second-order valence-electron chi connectivity index (χ2n) is 4.89. The van der Waals surface area contributed by atoms with Crippen LogP contribution in [0.5, 0.6) is 0 Å². The quantitative estimate of drug-likeness (QED) is 0.739. The van der Waals surface area contributed by atoms with Gasteiger partial charge in [-0.25, -0.2) is 0 Å². The van der Waals surface area contributed by atoms with E-state index in [1.54, 1.807) is 0 Å². The second kappa shape index (κ2) is 6.75. The van der Waals surface area contributed by atoms with Crippen LogP contribution < -0.4 is 5.32 Å². The Bertz CT molecular complexity index is 575. The van der Waals surface area contributed by atoms with Gasteiger partial charge in [0.2, 0.25) is 0 Å². The Morgan fingerprint density at radius 3 is 2.75 bits per heavy atom. The lowest BCUT2D eigenvalue weighted by Gasteiger charge is -2.14. The van der Waals surface area contributed by atoms with Crippen molar-refractivity contribution in [3.63, 3.8) is 0 Å². The third kappa shape index (κ3) is 3.51. The fourth-order valence-corrected chi connectivity index (χ4v) is 2.29. The summed E-state index contributed by atoms with van der Waals surface area (Å²) in [6.45, 7) is 7.86. The number of allylic oxidation sites excluding steroid dienone is 1. The molecule has 0 saturated heterocycles. The molecule has 0 aliphatic carbocycles. The smallest absolute Gasteiger partial charge is 0.190 e. The van der Waals surface area contributed by atoms with Crippen molar-refractivity contribution in [1.82, 2.24) is 5.16 Å². The molecule has 1 unspecified atom stereocenters. The molecular formula is C16H19BrN2O. The zero-order valence-electron chi connectivity index (χ0n) is 11.8. The van der Waals surface area contributed by atoms with Gasteiger partial charge in [0.05, 0.1) is 0 Å². The van der Waals surface area contributed by atoms with Gasteiger partial charge in [0.1, 0.15) is 11.4 Å². The fourth-order valence-electron chi connectivity index (χ4n) is 2.02. The Kier molecular flexibility index (Phi) is 5.01. The average Bonchev–Trinajstić information content (AvgIpc) is 2.79. The molecule has 20 heavy (non-hydrogen) atoms. The van der Waals surface area contributed by atoms with Crippen molar-refractivity contribution in [1.29, 1.82) is 0 Å². The first kappa shape index (κ1) is 14.9. The predicted octanol–water partition coefficient (Wildman–Crippen LogP) is 5.18. The Hall–Kier alpha value is -1.55. The van der Waals surface area contributed by atoms with E-state index in [2.05, 4.69) is 39.9 Å². The molecule has 0 fully saturated rings. The van der Waals surface area contributed by atoms with Gasteiger partial charge in [0.15, 0.2) is 5.76 Å². The summed E-state index contributed by atoms with van der Waals surface area (Å²) in [5.41, 5.74) is 2.88. The van der Waals surface area contributed by atoms with Gasteiger partial charge in [-0.3, -0.25) is 0 Å². The number of aryl methyl sites for hydroxylation is 1. The number of anilines is 1. The molecular weight excluding hydrogens is 316 g/mol. The van der Waals surface area contributed by atoms with Crippen molar-refractivity contribution >= 4 is 21.6 Å². The third-order valence-electron chi connectivity index (χ3n) is 3.16. The zero-order chi connectivity index (χ0) is 14.5. The maximum absolute atomic E-state index is 5.48. The standard InChI is InChI=1S/C16H19BrN2O/c1-4-5-6-11(2)18-15-12(3)19-20-16(15)13-7-9-14(17)10-8-13/h4,7-11,18H,1,5-6H2,2-3H3. The highest BCUT2D eigenvalue weighted by atomic mass is 79.9. The summed E-state index contributed by atoms with van der Waals surface area (Å²) in [5.74, 6) is 0.792. The zero-order valence-corrected chi connectivity index (χ0v) is 13.4. The average molecular weight is 335 g/mol. The van der Waals surface area contributed by atoms with E-state index in [1.165, 1.54) is 0 Å². The molecule has 1 aromatic carbocycles. The maximum atomic E-state index is 5.48. The lowest BCUT2D eigenvalue weighted by atomic mass is 10.1. The van der Waals surface area contributed by atoms with Gasteiger partial charge < -0.3 is 9.84 Å². The number of hydrogen-bond donors (Lipinski definition) is 1. The van der Waals surface area contributed by atoms with Gasteiger partial charge in [-0.05, 0) is 51.0 Å². The molecule has 3 nitrogen and oxygen atoms in total. The summed E-state index contributed by atoms with van der Waals surface area (Å²) >= 11 is 3.44. The SMILES string of the molecule is C=CCCC(C)Nc1c(C)noc1-c1ccc(Br)cc1. The topological polar surface area (TPSA) is 38.1 Å². The highest BCUT2D eigenvalue weighted by Crippen LogP contribution is 2.32. The second-order valence-corrected chi connectivity index (χ2v) is 5.81. The van der Waals surface area contributed by atoms with Crippen LogP contribution in [0.1, 0.15) is 25.5 Å². The highest BCUT2D eigenvalue weighted by Gasteiger charge is 2.16. The summed E-state index contributed by atoms with van der Waals surface area (Å²) < 4.78 is 6.53. The van der Waals surface area contributed by atoms with Gasteiger partial charge in [0.25, 0.3) is 0 Å². The molecule has 0 amide bonds.